The van der Waals surface area contributed by atoms with Crippen molar-refractivity contribution in [3.8, 4) is 0 Å². The van der Waals surface area contributed by atoms with Gasteiger partial charge in [0.15, 0.2) is 0 Å². The largest absolute Gasteiger partial charge is 0.399 e. The highest BCUT2D eigenvalue weighted by Gasteiger charge is 2.18. The fourth-order valence-corrected chi connectivity index (χ4v) is 4.31. The van der Waals surface area contributed by atoms with Crippen LogP contribution in [0.5, 0.6) is 0 Å². The molecule has 0 aromatic heterocycles. The van der Waals surface area contributed by atoms with Gasteiger partial charge in [-0.05, 0) is 60.6 Å². The number of fused-ring (bicyclic) bond motifs is 1. The number of aryl methyl sites for hydroxylation is 1. The summed E-state index contributed by atoms with van der Waals surface area (Å²) >= 11 is 0. The van der Waals surface area contributed by atoms with Gasteiger partial charge in [-0.3, -0.25) is 14.6 Å². The van der Waals surface area contributed by atoms with E-state index in [1.165, 1.54) is 5.56 Å². The van der Waals surface area contributed by atoms with Crippen LogP contribution in [0.15, 0.2) is 89.1 Å². The van der Waals surface area contributed by atoms with E-state index in [9.17, 15) is 9.59 Å². The lowest BCUT2D eigenvalue weighted by Gasteiger charge is -2.22. The van der Waals surface area contributed by atoms with Gasteiger partial charge in [-0.25, -0.2) is 0 Å². The molecule has 2 aromatic carbocycles. The summed E-state index contributed by atoms with van der Waals surface area (Å²) in [5.41, 5.74) is 12.6. The molecule has 0 saturated carbocycles. The van der Waals surface area contributed by atoms with E-state index in [4.69, 9.17) is 10.7 Å². The first-order valence-corrected chi connectivity index (χ1v) is 12.2. The summed E-state index contributed by atoms with van der Waals surface area (Å²) in [5.74, 6) is -0.239. The van der Waals surface area contributed by atoms with Crippen LogP contribution in [0.3, 0.4) is 0 Å². The van der Waals surface area contributed by atoms with Crippen LogP contribution in [0.2, 0.25) is 0 Å². The Hall–Kier alpha value is -3.93. The molecule has 0 spiro atoms. The summed E-state index contributed by atoms with van der Waals surface area (Å²) < 4.78 is 0. The van der Waals surface area contributed by atoms with Crippen LogP contribution in [0.4, 0.5) is 11.4 Å². The summed E-state index contributed by atoms with van der Waals surface area (Å²) in [6, 6.07) is 15.5. The number of rotatable bonds is 8. The molecule has 0 saturated heterocycles. The van der Waals surface area contributed by atoms with Gasteiger partial charge in [0, 0.05) is 23.6 Å². The Balaban J connectivity index is 1.36. The summed E-state index contributed by atoms with van der Waals surface area (Å²) in [5, 5.41) is 2.96. The summed E-state index contributed by atoms with van der Waals surface area (Å²) in [7, 11) is 0. The monoisotopic (exact) mass is 468 g/mol. The third-order valence-electron chi connectivity index (χ3n) is 6.11. The van der Waals surface area contributed by atoms with Crippen molar-refractivity contribution < 1.29 is 9.59 Å². The van der Waals surface area contributed by atoms with E-state index < -0.39 is 0 Å². The number of nitrogens with zero attached hydrogens (tertiary/aromatic N) is 2. The van der Waals surface area contributed by atoms with Crippen LogP contribution in [0.25, 0.3) is 0 Å². The number of carbonyl (C=O) groups excluding carboxylic acids is 2. The fourth-order valence-electron chi connectivity index (χ4n) is 4.31. The molecular formula is C29H32N4O2. The molecule has 6 heteroatoms. The third kappa shape index (κ3) is 6.57. The molecule has 35 heavy (non-hydrogen) atoms. The lowest BCUT2D eigenvalue weighted by Crippen LogP contribution is -2.41. The second-order valence-corrected chi connectivity index (χ2v) is 8.86. The Morgan fingerprint density at radius 2 is 1.89 bits per heavy atom. The second-order valence-electron chi connectivity index (χ2n) is 8.86. The average Bonchev–Trinajstić information content (AvgIpc) is 3.09. The molecule has 0 radical (unpaired) electrons. The van der Waals surface area contributed by atoms with Crippen LogP contribution in [0, 0.1) is 0 Å². The van der Waals surface area contributed by atoms with Gasteiger partial charge < -0.3 is 16.0 Å². The van der Waals surface area contributed by atoms with Gasteiger partial charge in [-0.2, -0.15) is 0 Å². The molecule has 0 fully saturated rings. The van der Waals surface area contributed by atoms with E-state index in [2.05, 4.69) is 11.4 Å². The minimum absolute atomic E-state index is 0.0376. The zero-order valence-corrected chi connectivity index (χ0v) is 20.2. The maximum absolute atomic E-state index is 12.8. The predicted octanol–water partition coefficient (Wildman–Crippen LogP) is 4.66. The Kier molecular flexibility index (Phi) is 7.93. The zero-order valence-electron chi connectivity index (χ0n) is 20.2. The summed E-state index contributed by atoms with van der Waals surface area (Å²) in [6.07, 6.45) is 11.6. The van der Waals surface area contributed by atoms with Crippen LogP contribution >= 0.6 is 0 Å². The molecule has 4 rings (SSSR count). The van der Waals surface area contributed by atoms with Crippen molar-refractivity contribution in [3.63, 3.8) is 0 Å². The number of allylic oxidation sites excluding steroid dienone is 5. The number of nitrogens with two attached hydrogens (primary N) is 1. The van der Waals surface area contributed by atoms with E-state index in [1.54, 1.807) is 4.90 Å². The van der Waals surface area contributed by atoms with Gasteiger partial charge >= 0.3 is 0 Å². The van der Waals surface area contributed by atoms with Gasteiger partial charge in [0.25, 0.3) is 0 Å². The van der Waals surface area contributed by atoms with Crippen LogP contribution in [-0.2, 0) is 22.4 Å². The number of anilines is 1. The molecule has 0 atom stereocenters. The van der Waals surface area contributed by atoms with Crippen LogP contribution in [-0.4, -0.2) is 35.5 Å². The average molecular weight is 469 g/mol. The van der Waals surface area contributed by atoms with Crippen molar-refractivity contribution in [1.82, 2.24) is 10.2 Å². The number of carbonyl (C=O) groups is 2. The maximum atomic E-state index is 12.8. The SMILES string of the molecule is CCCN(CC(=O)NC1=CCC=C(C2=Nc3cc(N)ccc3CC2)C=C1)C(=O)Cc1ccccc1. The first kappa shape index (κ1) is 24.2. The lowest BCUT2D eigenvalue weighted by molar-refractivity contribution is -0.135. The summed E-state index contributed by atoms with van der Waals surface area (Å²) in [4.78, 5) is 32.1. The van der Waals surface area contributed by atoms with Crippen molar-refractivity contribution in [2.24, 2.45) is 4.99 Å². The van der Waals surface area contributed by atoms with Crippen molar-refractivity contribution in [3.05, 3.63) is 95.2 Å². The van der Waals surface area contributed by atoms with Crippen molar-refractivity contribution in [2.45, 2.75) is 39.0 Å². The van der Waals surface area contributed by atoms with E-state index >= 15 is 0 Å². The molecule has 2 aromatic rings. The fraction of sp³-hybridized carbons (Fsp3) is 0.276. The first-order valence-electron chi connectivity index (χ1n) is 12.2. The molecule has 2 aliphatic rings. The smallest absolute Gasteiger partial charge is 0.243 e. The highest BCUT2D eigenvalue weighted by atomic mass is 16.2. The number of aliphatic imine (C=N–C) groups is 1. The van der Waals surface area contributed by atoms with Gasteiger partial charge in [-0.1, -0.05) is 61.5 Å². The Morgan fingerprint density at radius 3 is 2.69 bits per heavy atom. The normalized spacial score (nSPS) is 14.7. The number of nitrogen functional groups attached to an aromatic ring is 1. The van der Waals surface area contributed by atoms with E-state index in [-0.39, 0.29) is 18.4 Å². The van der Waals surface area contributed by atoms with Crippen molar-refractivity contribution in [1.29, 1.82) is 0 Å². The second kappa shape index (κ2) is 11.5. The number of hydrogen-bond acceptors (Lipinski definition) is 4. The molecule has 0 bridgehead atoms. The number of amides is 2. The highest BCUT2D eigenvalue weighted by Crippen LogP contribution is 2.30. The summed E-state index contributed by atoms with van der Waals surface area (Å²) in [6.45, 7) is 2.59. The lowest BCUT2D eigenvalue weighted by atomic mass is 9.96. The molecule has 6 nitrogen and oxygen atoms in total. The molecule has 180 valence electrons. The Morgan fingerprint density at radius 1 is 1.06 bits per heavy atom. The standard InChI is InChI=1S/C29H32N4O2/c1-2-17-33(29(35)18-21-7-4-3-5-8-21)20-28(34)31-25-10-6-9-22(12-15-25)26-16-13-23-11-14-24(30)19-27(23)32-26/h3-5,7-12,14-15,19H,2,6,13,16-18,20,30H2,1H3,(H,31,34). The van der Waals surface area contributed by atoms with Gasteiger partial charge in [0.1, 0.15) is 0 Å². The highest BCUT2D eigenvalue weighted by molar-refractivity contribution is 6.05. The molecule has 1 aliphatic carbocycles. The third-order valence-corrected chi connectivity index (χ3v) is 6.11. The molecule has 3 N–H and O–H groups in total. The molecule has 1 aliphatic heterocycles. The van der Waals surface area contributed by atoms with E-state index in [0.29, 0.717) is 25.1 Å². The van der Waals surface area contributed by atoms with Crippen molar-refractivity contribution >= 4 is 28.9 Å². The molecule has 2 amide bonds. The first-order chi connectivity index (χ1) is 17.0. The molecule has 1 heterocycles. The van der Waals surface area contributed by atoms with Gasteiger partial charge in [0.2, 0.25) is 11.8 Å². The topological polar surface area (TPSA) is 87.8 Å². The predicted molar refractivity (Wildman–Crippen MR) is 141 cm³/mol. The van der Waals surface area contributed by atoms with Crippen LogP contribution < -0.4 is 11.1 Å². The number of hydrogen-bond donors (Lipinski definition) is 2. The minimum Gasteiger partial charge on any atom is -0.399 e. The van der Waals surface area contributed by atoms with Crippen molar-refractivity contribution in [2.75, 3.05) is 18.8 Å². The van der Waals surface area contributed by atoms with Gasteiger partial charge in [-0.15, -0.1) is 0 Å². The van der Waals surface area contributed by atoms with Crippen LogP contribution in [0.1, 0.15) is 37.3 Å². The van der Waals surface area contributed by atoms with Gasteiger partial charge in [0.05, 0.1) is 18.7 Å². The number of nitrogens with one attached hydrogen (secondary N) is 1. The molecular weight excluding hydrogens is 436 g/mol. The van der Waals surface area contributed by atoms with E-state index in [1.807, 2.05) is 73.7 Å². The number of benzene rings is 2. The zero-order chi connectivity index (χ0) is 24.6. The minimum atomic E-state index is -0.196. The quantitative estimate of drug-likeness (QED) is 0.553. The maximum Gasteiger partial charge on any atom is 0.243 e. The molecule has 0 unspecified atom stereocenters. The Bertz CT molecular complexity index is 1210. The van der Waals surface area contributed by atoms with E-state index in [0.717, 1.165) is 47.5 Å². The Labute approximate surface area is 206 Å².